The molecule has 0 N–H and O–H groups in total. The van der Waals surface area contributed by atoms with E-state index >= 15 is 0 Å². The van der Waals surface area contributed by atoms with Crippen LogP contribution >= 0.6 is 24.0 Å². The van der Waals surface area contributed by atoms with Crippen molar-refractivity contribution in [3.05, 3.63) is 68.6 Å². The average molecular weight is 445 g/mol. The fraction of sp³-hybridized carbons (Fsp3) is 0.238. The average Bonchev–Trinajstić information content (AvgIpc) is 3.00. The van der Waals surface area contributed by atoms with Crippen molar-refractivity contribution in [2.24, 2.45) is 0 Å². The van der Waals surface area contributed by atoms with Gasteiger partial charge in [-0.1, -0.05) is 37.0 Å². The molecule has 0 unspecified atom stereocenters. The fourth-order valence-corrected chi connectivity index (χ4v) is 4.15. The number of carbonyl (C=O) groups excluding carboxylic acids is 1. The Balaban J connectivity index is 1.77. The molecule has 156 valence electrons. The van der Waals surface area contributed by atoms with Crippen LogP contribution in [-0.2, 0) is 11.4 Å². The lowest BCUT2D eigenvalue weighted by atomic mass is 10.1. The van der Waals surface area contributed by atoms with Crippen molar-refractivity contribution in [3.8, 4) is 11.5 Å². The molecule has 1 saturated heterocycles. The summed E-state index contributed by atoms with van der Waals surface area (Å²) < 4.78 is 11.8. The summed E-state index contributed by atoms with van der Waals surface area (Å²) in [6, 6.07) is 11.6. The van der Waals surface area contributed by atoms with Crippen molar-refractivity contribution in [2.45, 2.75) is 20.0 Å². The van der Waals surface area contributed by atoms with Crippen LogP contribution in [0.2, 0.25) is 0 Å². The first-order valence-corrected chi connectivity index (χ1v) is 10.4. The molecular weight excluding hydrogens is 424 g/mol. The third-order valence-corrected chi connectivity index (χ3v) is 5.73. The molecule has 1 amide bonds. The second kappa shape index (κ2) is 9.73. The molecule has 0 aromatic heterocycles. The van der Waals surface area contributed by atoms with E-state index in [-0.39, 0.29) is 18.2 Å². The van der Waals surface area contributed by atoms with Gasteiger partial charge in [-0.25, -0.2) is 0 Å². The highest BCUT2D eigenvalue weighted by Gasteiger charge is 2.31. The first-order valence-electron chi connectivity index (χ1n) is 9.22. The van der Waals surface area contributed by atoms with Crippen molar-refractivity contribution in [2.75, 3.05) is 13.7 Å². The molecule has 9 heteroatoms. The minimum Gasteiger partial charge on any atom is -0.493 e. The van der Waals surface area contributed by atoms with E-state index in [4.69, 9.17) is 21.7 Å². The number of thioether (sulfide) groups is 1. The maximum atomic E-state index is 12.5. The van der Waals surface area contributed by atoms with Gasteiger partial charge in [0.2, 0.25) is 0 Å². The Morgan fingerprint density at radius 2 is 1.93 bits per heavy atom. The molecule has 1 aliphatic rings. The summed E-state index contributed by atoms with van der Waals surface area (Å²) in [5.41, 5.74) is 1.60. The van der Waals surface area contributed by atoms with Gasteiger partial charge >= 0.3 is 0 Å². The molecule has 2 aromatic rings. The lowest BCUT2D eigenvalue weighted by molar-refractivity contribution is -0.384. The largest absolute Gasteiger partial charge is 0.493 e. The van der Waals surface area contributed by atoms with Crippen LogP contribution in [0.4, 0.5) is 5.69 Å². The predicted octanol–water partition coefficient (Wildman–Crippen LogP) is 4.79. The number of nitro benzene ring substituents is 1. The summed E-state index contributed by atoms with van der Waals surface area (Å²) >= 11 is 6.59. The number of methoxy groups -OCH3 is 1. The van der Waals surface area contributed by atoms with Crippen LogP contribution in [0.5, 0.6) is 11.5 Å². The minimum atomic E-state index is -0.444. The van der Waals surface area contributed by atoms with E-state index in [2.05, 4.69) is 0 Å². The molecule has 0 atom stereocenters. The Morgan fingerprint density at radius 3 is 2.57 bits per heavy atom. The van der Waals surface area contributed by atoms with E-state index in [0.29, 0.717) is 27.3 Å². The number of benzene rings is 2. The lowest BCUT2D eigenvalue weighted by Gasteiger charge is -2.12. The SMILES string of the molecule is CCCN1C(=O)/C(=C\c2ccc(OC)c(OCc3ccc([N+](=O)[O-])cc3)c2)SC1=S. The molecule has 0 spiro atoms. The third kappa shape index (κ3) is 4.98. The molecule has 2 aromatic carbocycles. The number of thiocarbonyl (C=S) groups is 1. The Kier molecular flexibility index (Phi) is 7.07. The van der Waals surface area contributed by atoms with Gasteiger partial charge in [0, 0.05) is 18.7 Å². The number of hydrogen-bond acceptors (Lipinski definition) is 7. The second-order valence-corrected chi connectivity index (χ2v) is 8.13. The number of non-ortho nitro benzene ring substituents is 1. The standard InChI is InChI=1S/C21H20N2O5S2/c1-3-10-22-20(24)19(30-21(22)29)12-15-6-9-17(27-2)18(11-15)28-13-14-4-7-16(8-5-14)23(25)26/h4-9,11-12H,3,10,13H2,1-2H3/b19-12+. The van der Waals surface area contributed by atoms with E-state index in [1.807, 2.05) is 13.0 Å². The number of rotatable bonds is 8. The van der Waals surface area contributed by atoms with E-state index in [9.17, 15) is 14.9 Å². The maximum absolute atomic E-state index is 12.5. The highest BCUT2D eigenvalue weighted by atomic mass is 32.2. The van der Waals surface area contributed by atoms with Gasteiger partial charge in [-0.3, -0.25) is 19.8 Å². The number of carbonyl (C=O) groups is 1. The second-order valence-electron chi connectivity index (χ2n) is 6.46. The van der Waals surface area contributed by atoms with Gasteiger partial charge in [-0.05, 0) is 47.9 Å². The molecule has 0 radical (unpaired) electrons. The number of amides is 1. The molecule has 7 nitrogen and oxygen atoms in total. The first-order chi connectivity index (χ1) is 14.4. The van der Waals surface area contributed by atoms with Crippen LogP contribution < -0.4 is 9.47 Å². The highest BCUT2D eigenvalue weighted by Crippen LogP contribution is 2.35. The molecule has 30 heavy (non-hydrogen) atoms. The van der Waals surface area contributed by atoms with Crippen LogP contribution in [0.15, 0.2) is 47.4 Å². The number of ether oxygens (including phenoxy) is 2. The Bertz CT molecular complexity index is 1000. The van der Waals surface area contributed by atoms with Crippen LogP contribution in [0.1, 0.15) is 24.5 Å². The molecule has 1 heterocycles. The fourth-order valence-electron chi connectivity index (χ4n) is 2.84. The van der Waals surface area contributed by atoms with Crippen LogP contribution in [0, 0.1) is 10.1 Å². The predicted molar refractivity (Wildman–Crippen MR) is 121 cm³/mol. The zero-order valence-electron chi connectivity index (χ0n) is 16.5. The lowest BCUT2D eigenvalue weighted by Crippen LogP contribution is -2.28. The van der Waals surface area contributed by atoms with E-state index in [1.54, 1.807) is 42.4 Å². The maximum Gasteiger partial charge on any atom is 0.269 e. The van der Waals surface area contributed by atoms with Crippen molar-refractivity contribution in [1.29, 1.82) is 0 Å². The zero-order valence-corrected chi connectivity index (χ0v) is 18.1. The zero-order chi connectivity index (χ0) is 21.7. The van der Waals surface area contributed by atoms with E-state index < -0.39 is 4.92 Å². The van der Waals surface area contributed by atoms with Gasteiger partial charge < -0.3 is 9.47 Å². The van der Waals surface area contributed by atoms with Gasteiger partial charge in [0.15, 0.2) is 11.5 Å². The van der Waals surface area contributed by atoms with Gasteiger partial charge in [-0.15, -0.1) is 0 Å². The highest BCUT2D eigenvalue weighted by molar-refractivity contribution is 8.26. The summed E-state index contributed by atoms with van der Waals surface area (Å²) in [6.07, 6.45) is 2.62. The topological polar surface area (TPSA) is 81.9 Å². The summed E-state index contributed by atoms with van der Waals surface area (Å²) in [7, 11) is 1.55. The summed E-state index contributed by atoms with van der Waals surface area (Å²) in [5, 5.41) is 10.8. The molecule has 1 aliphatic heterocycles. The smallest absolute Gasteiger partial charge is 0.269 e. The van der Waals surface area contributed by atoms with Crippen LogP contribution in [0.25, 0.3) is 6.08 Å². The number of nitro groups is 1. The molecule has 0 bridgehead atoms. The molecule has 0 aliphatic carbocycles. The van der Waals surface area contributed by atoms with Crippen molar-refractivity contribution < 1.29 is 19.2 Å². The third-order valence-electron chi connectivity index (χ3n) is 4.35. The van der Waals surface area contributed by atoms with Crippen molar-refractivity contribution in [1.82, 2.24) is 4.90 Å². The first kappa shape index (κ1) is 21.8. The Hall–Kier alpha value is -2.91. The van der Waals surface area contributed by atoms with Gasteiger partial charge in [0.1, 0.15) is 10.9 Å². The number of nitrogens with zero attached hydrogens (tertiary/aromatic N) is 2. The molecule has 1 fully saturated rings. The summed E-state index contributed by atoms with van der Waals surface area (Å²) in [6.45, 7) is 2.82. The summed E-state index contributed by atoms with van der Waals surface area (Å²) in [5.74, 6) is 0.970. The van der Waals surface area contributed by atoms with Crippen molar-refractivity contribution in [3.63, 3.8) is 0 Å². The van der Waals surface area contributed by atoms with Crippen molar-refractivity contribution >= 4 is 46.0 Å². The van der Waals surface area contributed by atoms with Crippen LogP contribution in [0.3, 0.4) is 0 Å². The van der Waals surface area contributed by atoms with Gasteiger partial charge in [0.25, 0.3) is 11.6 Å². The quantitative estimate of drug-likeness (QED) is 0.250. The number of hydrogen-bond donors (Lipinski definition) is 0. The molecule has 3 rings (SSSR count). The van der Waals surface area contributed by atoms with E-state index in [0.717, 1.165) is 17.5 Å². The van der Waals surface area contributed by atoms with Gasteiger partial charge in [0.05, 0.1) is 16.9 Å². The monoisotopic (exact) mass is 444 g/mol. The normalized spacial score (nSPS) is 15.0. The Labute approximate surface area is 183 Å². The van der Waals surface area contributed by atoms with E-state index in [1.165, 1.54) is 23.9 Å². The molecular formula is C21H20N2O5S2. The Morgan fingerprint density at radius 1 is 1.20 bits per heavy atom. The van der Waals surface area contributed by atoms with Gasteiger partial charge in [-0.2, -0.15) is 0 Å². The molecule has 0 saturated carbocycles. The van der Waals surface area contributed by atoms with Crippen LogP contribution in [-0.4, -0.2) is 33.7 Å². The summed E-state index contributed by atoms with van der Waals surface area (Å²) in [4.78, 5) is 25.1. The minimum absolute atomic E-state index is 0.0266.